The normalized spacial score (nSPS) is 17.9. The number of nitrogens with one attached hydrogen (secondary N) is 6. The number of allylic oxidation sites excluding steroid dienone is 1. The number of carboxylic acid groups (broad SMARTS) is 1. The summed E-state index contributed by atoms with van der Waals surface area (Å²) < 4.78 is 0. The van der Waals surface area contributed by atoms with Crippen LogP contribution in [-0.4, -0.2) is 111 Å². The maximum Gasteiger partial charge on any atom is 0.351 e. The van der Waals surface area contributed by atoms with Gasteiger partial charge in [-0.3, -0.25) is 33.6 Å². The number of benzene rings is 2. The number of aliphatic carboxylic acids is 1. The van der Waals surface area contributed by atoms with E-state index in [1.54, 1.807) is 48.2 Å². The van der Waals surface area contributed by atoms with Crippen molar-refractivity contribution in [2.24, 2.45) is 16.6 Å². The van der Waals surface area contributed by atoms with E-state index < -0.39 is 89.3 Å². The molecule has 5 atom stereocenters. The smallest absolute Gasteiger partial charge is 0.351 e. The van der Waals surface area contributed by atoms with E-state index in [-0.39, 0.29) is 68.7 Å². The number of carbonyl (C=O) groups is 8. The Labute approximate surface area is 538 Å². The predicted octanol–water partition coefficient (Wildman–Crippen LogP) is 7.99. The average molecular weight is 1330 g/mol. The van der Waals surface area contributed by atoms with E-state index in [2.05, 4.69) is 49.7 Å². The second-order valence-electron chi connectivity index (χ2n) is 20.0. The third-order valence-electron chi connectivity index (χ3n) is 13.7. The number of rotatable bonds is 14. The Hall–Kier alpha value is -9.46. The molecule has 0 saturated heterocycles. The van der Waals surface area contributed by atoms with Gasteiger partial charge in [-0.2, -0.15) is 0 Å². The van der Waals surface area contributed by atoms with Gasteiger partial charge in [-0.1, -0.05) is 82.0 Å². The van der Waals surface area contributed by atoms with Gasteiger partial charge in [0.1, 0.15) is 82.4 Å². The molecule has 462 valence electrons. The quantitative estimate of drug-likeness (QED) is 0.0466. The lowest BCUT2D eigenvalue weighted by atomic mass is 9.98. The summed E-state index contributed by atoms with van der Waals surface area (Å²) in [7, 11) is 0. The fourth-order valence-corrected chi connectivity index (χ4v) is 13.7. The number of phenols is 1. The van der Waals surface area contributed by atoms with Gasteiger partial charge in [0.15, 0.2) is 0 Å². The van der Waals surface area contributed by atoms with Crippen LogP contribution in [0.2, 0.25) is 0 Å². The van der Waals surface area contributed by atoms with Crippen LogP contribution in [0.25, 0.3) is 43.4 Å². The first-order valence-electron chi connectivity index (χ1n) is 27.3. The van der Waals surface area contributed by atoms with Gasteiger partial charge >= 0.3 is 5.97 Å². The largest absolute Gasteiger partial charge is 0.508 e. The number of hydrogen-bond acceptors (Lipinski definition) is 22. The number of aromatic nitrogens is 6. The number of nitrogens with zero attached hydrogens (tertiary/aromatic N) is 7. The standard InChI is InChI=1S/C60H56N14O10S6/c1-7-28(3)46-59-73-44(27-90-59)58-69-40(23-87-58)47-34(18-19-36(64-47)56-71-41(25-88-56)51(80)62-29(4)48(77)63-30(5)60(83)84)54-70-42(24-86-54)53(82)67-39(22-45(61)76)55(85-6)68-35(8-2)49(78)66-38(21-31-12-10-9-11-13-31)57-72-43(26-89-57)52(81)65-37(50(79)74-46)20-32-14-16-33(75)17-15-32/h8-19,23-28,37-39,46,75H,4-5,7,20-22H2,1-3,6H3,(H2,61,76)(H,62,80)(H,63,77)(H,65,81)(H,66,78)(H,67,82)(H,74,79)(H,83,84)/b35-8+,68-55-. The van der Waals surface area contributed by atoms with E-state index in [9.17, 15) is 43.5 Å². The van der Waals surface area contributed by atoms with E-state index in [0.29, 0.717) is 49.0 Å². The maximum atomic E-state index is 14.8. The minimum Gasteiger partial charge on any atom is -0.508 e. The van der Waals surface area contributed by atoms with Crippen molar-refractivity contribution in [3.63, 3.8) is 0 Å². The van der Waals surface area contributed by atoms with Crippen molar-refractivity contribution >= 4 is 121 Å². The van der Waals surface area contributed by atoms with Gasteiger partial charge in [0, 0.05) is 38.9 Å². The molecule has 0 saturated carbocycles. The molecule has 7 heterocycles. The van der Waals surface area contributed by atoms with Crippen molar-refractivity contribution in [3.8, 4) is 49.1 Å². The van der Waals surface area contributed by atoms with Crippen LogP contribution in [-0.2, 0) is 36.8 Å². The predicted molar refractivity (Wildman–Crippen MR) is 347 cm³/mol. The van der Waals surface area contributed by atoms with Crippen molar-refractivity contribution < 1.29 is 48.6 Å². The second kappa shape index (κ2) is 29.2. The molecule has 0 fully saturated rings. The molecule has 6 aromatic heterocycles. The van der Waals surface area contributed by atoms with Gasteiger partial charge in [-0.05, 0) is 60.9 Å². The van der Waals surface area contributed by atoms with Crippen LogP contribution in [0.3, 0.4) is 0 Å². The SMILES string of the molecule is C=C(NC(=O)C(=C)NC(=O)c1csc(-c2ccc3c(n2)-c2csc(n2)-c2csc(n2)C(C(C)CC)NC(=O)C(Cc2ccc(O)cc2)NC(=O)c2csc(n2)C(Cc2ccccc2)NC(=O)C(=C\C)/N=C(\SC)C(CC(N)=O)NC(=O)c2csc-3n2)n1)C(=O)O. The lowest BCUT2D eigenvalue weighted by molar-refractivity contribution is -0.134. The van der Waals surface area contributed by atoms with Crippen LogP contribution in [0.5, 0.6) is 5.75 Å². The molecule has 10 N–H and O–H groups in total. The fraction of sp³-hybridized carbons (Fsp3) is 0.217. The van der Waals surface area contributed by atoms with Gasteiger partial charge in [0.2, 0.25) is 11.8 Å². The van der Waals surface area contributed by atoms with E-state index in [1.807, 2.05) is 54.9 Å². The number of phenolic OH excluding ortho intramolecular Hbond substituents is 1. The zero-order chi connectivity index (χ0) is 64.3. The third kappa shape index (κ3) is 15.9. The van der Waals surface area contributed by atoms with Crippen LogP contribution in [0, 0.1) is 5.92 Å². The summed E-state index contributed by atoms with van der Waals surface area (Å²) in [5.41, 5.74) is 7.74. The van der Waals surface area contributed by atoms with Crippen molar-refractivity contribution in [1.29, 1.82) is 0 Å². The first-order chi connectivity index (χ1) is 43.2. The van der Waals surface area contributed by atoms with E-state index in [0.717, 1.165) is 51.3 Å². The Bertz CT molecular complexity index is 4150. The Morgan fingerprint density at radius 3 is 1.97 bits per heavy atom. The number of aliphatic imine (C=N–C) groups is 1. The molecule has 90 heavy (non-hydrogen) atoms. The highest BCUT2D eigenvalue weighted by atomic mass is 32.2. The van der Waals surface area contributed by atoms with Crippen molar-refractivity contribution in [2.75, 3.05) is 6.26 Å². The van der Waals surface area contributed by atoms with Crippen LogP contribution in [0.1, 0.15) is 98.3 Å². The highest BCUT2D eigenvalue weighted by molar-refractivity contribution is 8.13. The van der Waals surface area contributed by atoms with Gasteiger partial charge in [-0.25, -0.2) is 39.7 Å². The number of carbonyl (C=O) groups excluding carboxylic acids is 7. The summed E-state index contributed by atoms with van der Waals surface area (Å²) >= 11 is 6.95. The molecular formula is C60H56N14O10S6. The number of nitrogens with two attached hydrogens (primary N) is 1. The Kier molecular flexibility index (Phi) is 21.1. The first-order valence-corrected chi connectivity index (χ1v) is 33.0. The molecule has 9 rings (SSSR count). The molecule has 30 heteroatoms. The number of pyridine rings is 1. The van der Waals surface area contributed by atoms with Crippen molar-refractivity contribution in [1.82, 2.24) is 61.8 Å². The van der Waals surface area contributed by atoms with E-state index in [4.69, 9.17) is 35.8 Å². The Balaban J connectivity index is 1.12. The molecule has 2 aromatic carbocycles. The van der Waals surface area contributed by atoms with Gasteiger partial charge < -0.3 is 47.8 Å². The summed E-state index contributed by atoms with van der Waals surface area (Å²) in [4.78, 5) is 141. The second-order valence-corrected chi connectivity index (χ2v) is 25.2. The molecule has 0 aliphatic carbocycles. The molecule has 7 amide bonds. The number of carboxylic acids is 1. The summed E-state index contributed by atoms with van der Waals surface area (Å²) in [6, 6.07) is 15.2. The van der Waals surface area contributed by atoms with Gasteiger partial charge in [0.05, 0.1) is 41.0 Å². The zero-order valence-electron chi connectivity index (χ0n) is 48.3. The molecule has 5 unspecified atom stereocenters. The number of fused-ring (bicyclic) bond motifs is 12. The Morgan fingerprint density at radius 2 is 1.27 bits per heavy atom. The van der Waals surface area contributed by atoms with Gasteiger partial charge in [0.25, 0.3) is 29.5 Å². The number of thiazole rings is 5. The third-order valence-corrected chi connectivity index (χ3v) is 19.0. The average Bonchev–Trinajstić information content (AvgIpc) is 1.63. The molecule has 1 aliphatic heterocycles. The summed E-state index contributed by atoms with van der Waals surface area (Å²) in [6.07, 6.45) is 3.62. The minimum atomic E-state index is -1.48. The zero-order valence-corrected chi connectivity index (χ0v) is 53.2. The lowest BCUT2D eigenvalue weighted by Crippen LogP contribution is -2.49. The molecule has 0 radical (unpaired) electrons. The lowest BCUT2D eigenvalue weighted by Gasteiger charge is -2.26. The molecular weight excluding hydrogens is 1270 g/mol. The molecule has 8 bridgehead atoms. The van der Waals surface area contributed by atoms with Crippen LogP contribution < -0.4 is 37.6 Å². The van der Waals surface area contributed by atoms with E-state index in [1.165, 1.54) is 51.6 Å². The number of thioether (sulfide) groups is 1. The summed E-state index contributed by atoms with van der Waals surface area (Å²) in [6.45, 7) is 12.3. The van der Waals surface area contributed by atoms with Crippen molar-refractivity contribution in [2.45, 2.75) is 70.6 Å². The number of primary amides is 1. The summed E-state index contributed by atoms with van der Waals surface area (Å²) in [5, 5.41) is 45.8. The van der Waals surface area contributed by atoms with Crippen LogP contribution in [0.4, 0.5) is 0 Å². The number of aromatic hydroxyl groups is 1. The highest BCUT2D eigenvalue weighted by Crippen LogP contribution is 2.39. The highest BCUT2D eigenvalue weighted by Gasteiger charge is 2.32. The number of amides is 7. The molecule has 1 aliphatic rings. The molecule has 8 aromatic rings. The maximum absolute atomic E-state index is 14.8. The van der Waals surface area contributed by atoms with Crippen LogP contribution in [0.15, 0.2) is 135 Å². The minimum absolute atomic E-state index is 0.0146. The van der Waals surface area contributed by atoms with Crippen LogP contribution >= 0.6 is 68.4 Å². The fourth-order valence-electron chi connectivity index (χ4n) is 8.84. The monoisotopic (exact) mass is 1320 g/mol. The Morgan fingerprint density at radius 1 is 0.667 bits per heavy atom. The first kappa shape index (κ1) is 65.0. The molecule has 0 spiro atoms. The van der Waals surface area contributed by atoms with Crippen molar-refractivity contribution in [3.05, 3.63) is 168 Å². The topological polar surface area (TPSA) is 365 Å². The van der Waals surface area contributed by atoms with E-state index >= 15 is 0 Å². The van der Waals surface area contributed by atoms with Gasteiger partial charge in [-0.15, -0.1) is 68.4 Å². The molecule has 24 nitrogen and oxygen atoms in total. The number of hydrogen-bond donors (Lipinski definition) is 9. The summed E-state index contributed by atoms with van der Waals surface area (Å²) in [5.74, 6) is -6.76.